The lowest BCUT2D eigenvalue weighted by molar-refractivity contribution is 0.171. The predicted molar refractivity (Wildman–Crippen MR) is 110 cm³/mol. The van der Waals surface area contributed by atoms with Crippen LogP contribution in [0.2, 0.25) is 0 Å². The molecule has 3 aromatic rings. The van der Waals surface area contributed by atoms with Crippen molar-refractivity contribution in [1.82, 2.24) is 0 Å². The van der Waals surface area contributed by atoms with Gasteiger partial charge in [-0.15, -0.1) is 0 Å². The fourth-order valence-corrected chi connectivity index (χ4v) is 3.83. The molecule has 0 radical (unpaired) electrons. The van der Waals surface area contributed by atoms with Gasteiger partial charge in [0.25, 0.3) is 10.0 Å². The third kappa shape index (κ3) is 4.33. The van der Waals surface area contributed by atoms with Crippen molar-refractivity contribution in [3.63, 3.8) is 0 Å². The fourth-order valence-electron chi connectivity index (χ4n) is 2.76. The van der Waals surface area contributed by atoms with E-state index in [0.717, 1.165) is 0 Å². The zero-order valence-electron chi connectivity index (χ0n) is 15.3. The van der Waals surface area contributed by atoms with E-state index in [9.17, 15) is 13.5 Å². The van der Waals surface area contributed by atoms with Crippen LogP contribution in [0.4, 0.5) is 11.4 Å². The van der Waals surface area contributed by atoms with Crippen molar-refractivity contribution in [1.29, 1.82) is 0 Å². The van der Waals surface area contributed by atoms with Crippen LogP contribution in [-0.2, 0) is 10.0 Å². The Labute approximate surface area is 168 Å². The molecule has 0 bridgehead atoms. The molecule has 29 heavy (non-hydrogen) atoms. The minimum atomic E-state index is -3.78. The van der Waals surface area contributed by atoms with Crippen molar-refractivity contribution in [3.8, 4) is 17.2 Å². The van der Waals surface area contributed by atoms with Crippen molar-refractivity contribution in [2.24, 2.45) is 4.99 Å². The molecule has 0 saturated carbocycles. The summed E-state index contributed by atoms with van der Waals surface area (Å²) >= 11 is 0. The van der Waals surface area contributed by atoms with Gasteiger partial charge < -0.3 is 14.6 Å². The summed E-state index contributed by atoms with van der Waals surface area (Å²) in [4.78, 5) is 4.38. The molecule has 0 aliphatic carbocycles. The second-order valence-electron chi connectivity index (χ2n) is 6.27. The monoisotopic (exact) mass is 410 g/mol. The number of ether oxygens (including phenoxy) is 2. The molecule has 0 amide bonds. The molecule has 4 rings (SSSR count). The second-order valence-corrected chi connectivity index (χ2v) is 7.96. The Morgan fingerprint density at radius 1 is 0.931 bits per heavy atom. The van der Waals surface area contributed by atoms with Gasteiger partial charge in [0.15, 0.2) is 11.5 Å². The average Bonchev–Trinajstić information content (AvgIpc) is 2.73. The summed E-state index contributed by atoms with van der Waals surface area (Å²) in [5.41, 5.74) is 1.62. The summed E-state index contributed by atoms with van der Waals surface area (Å²) in [6.45, 7) is 0.822. The standard InChI is InChI=1S/C21H18N2O5S/c24-19-4-2-1-3-15(19)14-22-16-5-7-17(8-6-16)23-29(25,26)18-9-10-20-21(13-18)28-12-11-27-20/h1-10,13-14,23-24H,11-12H2. The molecule has 7 nitrogen and oxygen atoms in total. The first-order chi connectivity index (χ1) is 14.0. The number of aromatic hydroxyl groups is 1. The van der Waals surface area contributed by atoms with E-state index in [1.165, 1.54) is 12.1 Å². The molecule has 0 unspecified atom stereocenters. The number of aliphatic imine (C=N–C) groups is 1. The topological polar surface area (TPSA) is 97.2 Å². The summed E-state index contributed by atoms with van der Waals surface area (Å²) in [5, 5.41) is 9.76. The minimum Gasteiger partial charge on any atom is -0.507 e. The molecule has 3 aromatic carbocycles. The lowest BCUT2D eigenvalue weighted by Crippen LogP contribution is -2.17. The van der Waals surface area contributed by atoms with Gasteiger partial charge in [0.05, 0.1) is 10.6 Å². The zero-order chi connectivity index (χ0) is 20.3. The van der Waals surface area contributed by atoms with E-state index in [4.69, 9.17) is 9.47 Å². The molecule has 0 fully saturated rings. The molecule has 0 atom stereocenters. The van der Waals surface area contributed by atoms with E-state index in [2.05, 4.69) is 9.71 Å². The Morgan fingerprint density at radius 2 is 1.66 bits per heavy atom. The largest absolute Gasteiger partial charge is 0.507 e. The van der Waals surface area contributed by atoms with Crippen LogP contribution in [0.15, 0.2) is 76.6 Å². The van der Waals surface area contributed by atoms with Gasteiger partial charge in [-0.05, 0) is 48.5 Å². The Kier molecular flexibility index (Phi) is 5.09. The van der Waals surface area contributed by atoms with Gasteiger partial charge in [-0.2, -0.15) is 0 Å². The number of nitrogens with zero attached hydrogens (tertiary/aromatic N) is 1. The minimum absolute atomic E-state index is 0.0865. The van der Waals surface area contributed by atoms with Crippen molar-refractivity contribution in [2.75, 3.05) is 17.9 Å². The quantitative estimate of drug-likeness (QED) is 0.625. The number of benzene rings is 3. The average molecular weight is 410 g/mol. The molecular formula is C21H18N2O5S. The Hall–Kier alpha value is -3.52. The maximum absolute atomic E-state index is 12.7. The van der Waals surface area contributed by atoms with E-state index in [0.29, 0.717) is 41.7 Å². The summed E-state index contributed by atoms with van der Waals surface area (Å²) in [5.74, 6) is 1.08. The van der Waals surface area contributed by atoms with Crippen LogP contribution in [0.25, 0.3) is 0 Å². The number of hydrogen-bond acceptors (Lipinski definition) is 6. The van der Waals surface area contributed by atoms with Gasteiger partial charge in [0.1, 0.15) is 19.0 Å². The molecule has 1 aliphatic heterocycles. The van der Waals surface area contributed by atoms with Gasteiger partial charge in [0.2, 0.25) is 0 Å². The summed E-state index contributed by atoms with van der Waals surface area (Å²) in [6, 6.07) is 18.0. The summed E-state index contributed by atoms with van der Waals surface area (Å²) in [7, 11) is -3.78. The maximum Gasteiger partial charge on any atom is 0.262 e. The molecular weight excluding hydrogens is 392 g/mol. The Balaban J connectivity index is 1.49. The highest BCUT2D eigenvalue weighted by atomic mass is 32.2. The van der Waals surface area contributed by atoms with Gasteiger partial charge in [-0.1, -0.05) is 12.1 Å². The van der Waals surface area contributed by atoms with Crippen molar-refractivity contribution >= 4 is 27.6 Å². The van der Waals surface area contributed by atoms with E-state index in [1.54, 1.807) is 60.8 Å². The lowest BCUT2D eigenvalue weighted by atomic mass is 10.2. The van der Waals surface area contributed by atoms with Crippen LogP contribution < -0.4 is 14.2 Å². The van der Waals surface area contributed by atoms with Crippen LogP contribution >= 0.6 is 0 Å². The molecule has 1 aliphatic rings. The smallest absolute Gasteiger partial charge is 0.262 e. The first-order valence-electron chi connectivity index (χ1n) is 8.86. The first kappa shape index (κ1) is 18.8. The highest BCUT2D eigenvalue weighted by Gasteiger charge is 2.19. The number of rotatable bonds is 5. The van der Waals surface area contributed by atoms with Crippen molar-refractivity contribution < 1.29 is 23.0 Å². The molecule has 0 aromatic heterocycles. The molecule has 2 N–H and O–H groups in total. The van der Waals surface area contributed by atoms with E-state index < -0.39 is 10.0 Å². The van der Waals surface area contributed by atoms with E-state index in [-0.39, 0.29) is 10.6 Å². The maximum atomic E-state index is 12.7. The number of hydrogen-bond donors (Lipinski definition) is 2. The highest BCUT2D eigenvalue weighted by Crippen LogP contribution is 2.32. The third-order valence-corrected chi connectivity index (χ3v) is 5.61. The second kappa shape index (κ2) is 7.84. The molecule has 0 saturated heterocycles. The Bertz CT molecular complexity index is 1160. The number of phenolic OH excluding ortho intramolecular Hbond substituents is 1. The summed E-state index contributed by atoms with van der Waals surface area (Å²) < 4.78 is 38.7. The lowest BCUT2D eigenvalue weighted by Gasteiger charge is -2.19. The SMILES string of the molecule is O=S(=O)(Nc1ccc(N=Cc2ccccc2O)cc1)c1ccc2c(c1)OCCO2. The highest BCUT2D eigenvalue weighted by molar-refractivity contribution is 7.92. The predicted octanol–water partition coefficient (Wildman–Crippen LogP) is 3.71. The van der Waals surface area contributed by atoms with Gasteiger partial charge in [0, 0.05) is 23.5 Å². The number of phenols is 1. The number of fused-ring (bicyclic) bond motifs is 1. The summed E-state index contributed by atoms with van der Waals surface area (Å²) in [6.07, 6.45) is 1.55. The first-order valence-corrected chi connectivity index (χ1v) is 10.3. The molecule has 0 spiro atoms. The normalized spacial score (nSPS) is 13.4. The van der Waals surface area contributed by atoms with Crippen LogP contribution in [0, 0.1) is 0 Å². The molecule has 1 heterocycles. The van der Waals surface area contributed by atoms with Gasteiger partial charge >= 0.3 is 0 Å². The Morgan fingerprint density at radius 3 is 2.41 bits per heavy atom. The number of para-hydroxylation sites is 1. The third-order valence-electron chi connectivity index (χ3n) is 4.23. The zero-order valence-corrected chi connectivity index (χ0v) is 16.1. The number of anilines is 1. The van der Waals surface area contributed by atoms with Crippen LogP contribution in [0.1, 0.15) is 5.56 Å². The molecule has 8 heteroatoms. The van der Waals surface area contributed by atoms with E-state index in [1.807, 2.05) is 0 Å². The van der Waals surface area contributed by atoms with E-state index >= 15 is 0 Å². The van der Waals surface area contributed by atoms with Crippen molar-refractivity contribution in [3.05, 3.63) is 72.3 Å². The molecule has 148 valence electrons. The fraction of sp³-hybridized carbons (Fsp3) is 0.0952. The van der Waals surface area contributed by atoms with Gasteiger partial charge in [-0.25, -0.2) is 8.42 Å². The van der Waals surface area contributed by atoms with Crippen LogP contribution in [0.5, 0.6) is 17.2 Å². The van der Waals surface area contributed by atoms with Gasteiger partial charge in [-0.3, -0.25) is 9.71 Å². The number of nitrogens with one attached hydrogen (secondary N) is 1. The van der Waals surface area contributed by atoms with Crippen LogP contribution in [0.3, 0.4) is 0 Å². The van der Waals surface area contributed by atoms with Crippen LogP contribution in [-0.4, -0.2) is 33.0 Å². The number of sulfonamides is 1. The van der Waals surface area contributed by atoms with Crippen molar-refractivity contribution in [2.45, 2.75) is 4.90 Å².